The zero-order valence-corrected chi connectivity index (χ0v) is 12.8. The highest BCUT2D eigenvalue weighted by Gasteiger charge is 2.08. The van der Waals surface area contributed by atoms with E-state index in [0.717, 1.165) is 11.1 Å². The summed E-state index contributed by atoms with van der Waals surface area (Å²) in [6.45, 7) is 7.08. The van der Waals surface area contributed by atoms with E-state index in [1.165, 1.54) is 13.0 Å². The van der Waals surface area contributed by atoms with E-state index in [4.69, 9.17) is 6.11 Å². The first-order valence-corrected chi connectivity index (χ1v) is 7.02. The molecule has 0 bridgehead atoms. The van der Waals surface area contributed by atoms with Crippen molar-refractivity contribution in [2.45, 2.75) is 30.8 Å². The Bertz CT molecular complexity index is 481. The van der Waals surface area contributed by atoms with Gasteiger partial charge < -0.3 is 4.74 Å². The highest BCUT2D eigenvalue weighted by molar-refractivity contribution is 14.1. The fourth-order valence-electron chi connectivity index (χ4n) is 1.50. The summed E-state index contributed by atoms with van der Waals surface area (Å²) in [4.78, 5) is 0. The number of hydrogen-bond donors (Lipinski definition) is 0. The lowest BCUT2D eigenvalue weighted by Crippen LogP contribution is -2.08. The molecule has 0 heterocycles. The lowest BCUT2D eigenvalue weighted by Gasteiger charge is -2.15. The Hall–Kier alpha value is -0.840. The topological polar surface area (TPSA) is 9.23 Å². The zero-order valence-electron chi connectivity index (χ0n) is 11.7. The molecule has 0 saturated heterocycles. The van der Waals surface area contributed by atoms with Gasteiger partial charge in [0.05, 0.1) is 7.20 Å². The maximum atomic E-state index is 12.7. The summed E-state index contributed by atoms with van der Waals surface area (Å²) < 4.78 is 26.3. The van der Waals surface area contributed by atoms with E-state index in [0.29, 0.717) is 24.6 Å². The van der Waals surface area contributed by atoms with E-state index in [-0.39, 0.29) is 9.94 Å². The van der Waals surface area contributed by atoms with Crippen LogP contribution >= 0.6 is 22.6 Å². The second-order valence-electron chi connectivity index (χ2n) is 4.08. The van der Waals surface area contributed by atoms with Crippen molar-refractivity contribution in [1.82, 2.24) is 0 Å². The van der Waals surface area contributed by atoms with Crippen molar-refractivity contribution in [2.75, 3.05) is 0 Å². The van der Waals surface area contributed by atoms with Crippen LogP contribution in [-0.4, -0.2) is 4.11 Å². The Morgan fingerprint density at radius 1 is 1.72 bits per heavy atom. The third kappa shape index (κ3) is 5.21. The van der Waals surface area contributed by atoms with Crippen LogP contribution in [0.3, 0.4) is 0 Å². The minimum atomic E-state index is -0.216. The molecule has 0 N–H and O–H groups in total. The van der Waals surface area contributed by atoms with Crippen molar-refractivity contribution >= 4 is 22.6 Å². The van der Waals surface area contributed by atoms with E-state index < -0.39 is 0 Å². The van der Waals surface area contributed by atoms with Crippen LogP contribution in [0.4, 0.5) is 4.39 Å². The van der Waals surface area contributed by atoms with Crippen molar-refractivity contribution < 1.29 is 10.5 Å². The maximum Gasteiger partial charge on any atom is 0.152 e. The van der Waals surface area contributed by atoms with Crippen molar-refractivity contribution in [3.63, 3.8) is 0 Å². The van der Waals surface area contributed by atoms with Gasteiger partial charge in [-0.05, 0) is 60.5 Å². The molecule has 1 rings (SSSR count). The molecule has 1 unspecified atom stereocenters. The molecule has 3 heteroatoms. The fourth-order valence-corrected chi connectivity index (χ4v) is 2.01. The molecule has 0 aromatic heterocycles. The van der Waals surface area contributed by atoms with Crippen molar-refractivity contribution in [3.8, 4) is 5.75 Å². The average Bonchev–Trinajstić information content (AvgIpc) is 2.31. The van der Waals surface area contributed by atoms with Gasteiger partial charge >= 0.3 is 0 Å². The Labute approximate surface area is 123 Å². The van der Waals surface area contributed by atoms with Gasteiger partial charge in [0.15, 0.2) is 4.11 Å². The molecule has 0 amide bonds. The molecule has 1 aromatic rings. The van der Waals surface area contributed by atoms with Crippen LogP contribution in [0.1, 0.15) is 25.8 Å². The number of ether oxygens (including phenoxy) is 1. The molecule has 0 radical (unpaired) electrons. The van der Waals surface area contributed by atoms with Crippen LogP contribution in [0.2, 0.25) is 0 Å². The Morgan fingerprint density at radius 3 is 3.06 bits per heavy atom. The zero-order chi connectivity index (χ0) is 14.4. The minimum absolute atomic E-state index is 0.196. The van der Waals surface area contributed by atoms with E-state index in [2.05, 4.69) is 29.2 Å². The monoisotopic (exact) mass is 361 g/mol. The summed E-state index contributed by atoms with van der Waals surface area (Å²) in [6, 6.07) is 4.12. The van der Waals surface area contributed by atoms with Gasteiger partial charge in [-0.1, -0.05) is 23.8 Å². The Kier molecular flexibility index (Phi) is 5.71. The van der Waals surface area contributed by atoms with Crippen molar-refractivity contribution in [3.05, 3.63) is 53.9 Å². The number of alkyl halides is 1. The molecular weight excluding hydrogens is 342 g/mol. The van der Waals surface area contributed by atoms with Gasteiger partial charge in [-0.25, -0.2) is 4.39 Å². The largest absolute Gasteiger partial charge is 0.480 e. The van der Waals surface area contributed by atoms with Gasteiger partial charge in [0.2, 0.25) is 0 Å². The maximum absolute atomic E-state index is 12.7. The lowest BCUT2D eigenvalue weighted by atomic mass is 10.1. The van der Waals surface area contributed by atoms with E-state index in [1.54, 1.807) is 12.1 Å². The standard InChI is InChI=1S/C15H18FIO/c1-4-5-13-10-11(2)6-8-14(13)18-15(17)9-7-12(3)16/h4,6-8,10,15H,1,5,9H2,2-3H3/b12-7-/i8D. The second-order valence-corrected chi connectivity index (χ2v) is 5.47. The van der Waals surface area contributed by atoms with E-state index >= 15 is 0 Å². The number of aryl methyl sites for hydroxylation is 1. The Morgan fingerprint density at radius 2 is 2.44 bits per heavy atom. The molecule has 0 aliphatic heterocycles. The van der Waals surface area contributed by atoms with Gasteiger partial charge in [0.1, 0.15) is 5.75 Å². The van der Waals surface area contributed by atoms with Crippen LogP contribution in [0, 0.1) is 6.92 Å². The smallest absolute Gasteiger partial charge is 0.152 e. The summed E-state index contributed by atoms with van der Waals surface area (Å²) >= 11 is 2.11. The molecule has 0 aliphatic rings. The molecule has 1 aromatic carbocycles. The van der Waals surface area contributed by atoms with Crippen LogP contribution in [0.15, 0.2) is 42.7 Å². The number of benzene rings is 1. The predicted molar refractivity (Wildman–Crippen MR) is 83.0 cm³/mol. The fraction of sp³-hybridized carbons (Fsp3) is 0.333. The van der Waals surface area contributed by atoms with Crippen LogP contribution in [-0.2, 0) is 6.42 Å². The van der Waals surface area contributed by atoms with E-state index in [9.17, 15) is 4.39 Å². The summed E-state index contributed by atoms with van der Waals surface area (Å²) in [7, 11) is 0. The number of rotatable bonds is 6. The number of hydrogen-bond acceptors (Lipinski definition) is 1. The highest BCUT2D eigenvalue weighted by Crippen LogP contribution is 2.24. The van der Waals surface area contributed by atoms with Gasteiger partial charge in [-0.15, -0.1) is 6.58 Å². The molecule has 0 saturated carbocycles. The first-order chi connectivity index (χ1) is 8.93. The molecule has 0 fully saturated rings. The van der Waals surface area contributed by atoms with Gasteiger partial charge in [-0.2, -0.15) is 0 Å². The quantitative estimate of drug-likeness (QED) is 0.388. The third-order valence-electron chi connectivity index (χ3n) is 2.32. The van der Waals surface area contributed by atoms with E-state index in [1.807, 2.05) is 13.0 Å². The SMILES string of the molecule is [2H]c1cc(C)cc(CC=C)c1OC(I)C/C=C(/C)F. The number of halogens is 2. The van der Waals surface area contributed by atoms with Gasteiger partial charge in [-0.3, -0.25) is 0 Å². The molecule has 1 atom stereocenters. The molecule has 1 nitrogen and oxygen atoms in total. The summed E-state index contributed by atoms with van der Waals surface area (Å²) in [6.07, 6.45) is 4.41. The first kappa shape index (κ1) is 13.6. The summed E-state index contributed by atoms with van der Waals surface area (Å²) in [5, 5.41) is 0. The van der Waals surface area contributed by atoms with Crippen molar-refractivity contribution in [1.29, 1.82) is 0 Å². The molecule has 18 heavy (non-hydrogen) atoms. The lowest BCUT2D eigenvalue weighted by molar-refractivity contribution is 0.303. The van der Waals surface area contributed by atoms with Gasteiger partial charge in [0, 0.05) is 6.42 Å². The second kappa shape index (κ2) is 7.56. The van der Waals surface area contributed by atoms with Crippen LogP contribution in [0.25, 0.3) is 0 Å². The predicted octanol–water partition coefficient (Wildman–Crippen LogP) is 5.13. The minimum Gasteiger partial charge on any atom is -0.480 e. The molecule has 0 aliphatic carbocycles. The summed E-state index contributed by atoms with van der Waals surface area (Å²) in [5.41, 5.74) is 1.97. The number of allylic oxidation sites excluding steroid dienone is 2. The summed E-state index contributed by atoms with van der Waals surface area (Å²) in [5.74, 6) is 0.349. The average molecular weight is 361 g/mol. The highest BCUT2D eigenvalue weighted by atomic mass is 127. The molecule has 98 valence electrons. The molecular formula is C15H18FIO. The normalized spacial score (nSPS) is 14.0. The first-order valence-electron chi connectivity index (χ1n) is 6.28. The van der Waals surface area contributed by atoms with Crippen molar-refractivity contribution in [2.24, 2.45) is 0 Å². The van der Waals surface area contributed by atoms with Crippen LogP contribution in [0.5, 0.6) is 5.75 Å². The van der Waals surface area contributed by atoms with Gasteiger partial charge in [0.25, 0.3) is 0 Å². The third-order valence-corrected chi connectivity index (χ3v) is 3.08. The molecule has 0 spiro atoms. The Balaban J connectivity index is 2.92. The van der Waals surface area contributed by atoms with Crippen LogP contribution < -0.4 is 4.74 Å².